The summed E-state index contributed by atoms with van der Waals surface area (Å²) in [6.45, 7) is 8.02. The van der Waals surface area contributed by atoms with Crippen LogP contribution in [0, 0.1) is 5.92 Å². The van der Waals surface area contributed by atoms with Crippen molar-refractivity contribution in [1.29, 1.82) is 0 Å². The molecule has 5 nitrogen and oxygen atoms in total. The Kier molecular flexibility index (Phi) is 6.43. The number of ether oxygens (including phenoxy) is 2. The van der Waals surface area contributed by atoms with Gasteiger partial charge in [0.25, 0.3) is 0 Å². The van der Waals surface area contributed by atoms with E-state index >= 15 is 0 Å². The lowest BCUT2D eigenvalue weighted by Gasteiger charge is -2.10. The van der Waals surface area contributed by atoms with Gasteiger partial charge in [-0.3, -0.25) is 0 Å². The molecule has 0 aliphatic rings. The van der Waals surface area contributed by atoms with Crippen LogP contribution in [0.1, 0.15) is 33.0 Å². The summed E-state index contributed by atoms with van der Waals surface area (Å²) in [5, 5.41) is 3.00. The van der Waals surface area contributed by atoms with Crippen LogP contribution in [0.4, 0.5) is 5.82 Å². The maximum Gasteiger partial charge on any atom is 0.218 e. The van der Waals surface area contributed by atoms with Gasteiger partial charge in [0, 0.05) is 19.7 Å². The van der Waals surface area contributed by atoms with E-state index < -0.39 is 0 Å². The van der Waals surface area contributed by atoms with Crippen LogP contribution in [0.5, 0.6) is 5.88 Å². The van der Waals surface area contributed by atoms with E-state index in [4.69, 9.17) is 9.47 Å². The van der Waals surface area contributed by atoms with Crippen LogP contribution in [-0.4, -0.2) is 30.2 Å². The quantitative estimate of drug-likeness (QED) is 0.771. The predicted octanol–water partition coefficient (Wildman–Crippen LogP) is 2.48. The third kappa shape index (κ3) is 5.31. The fraction of sp³-hybridized carbons (Fsp3) is 0.692. The average Bonchev–Trinajstić information content (AvgIpc) is 2.35. The topological polar surface area (TPSA) is 56.3 Å². The maximum absolute atomic E-state index is 5.63. The first-order valence-corrected chi connectivity index (χ1v) is 6.42. The molecule has 1 aromatic rings. The SMILES string of the molecule is CCOCc1nc(NC)cc(OCCC(C)C)n1. The smallest absolute Gasteiger partial charge is 0.218 e. The number of rotatable bonds is 8. The lowest BCUT2D eigenvalue weighted by atomic mass is 10.1. The zero-order valence-electron chi connectivity index (χ0n) is 11.7. The Balaban J connectivity index is 2.64. The Hall–Kier alpha value is -1.36. The van der Waals surface area contributed by atoms with Crippen LogP contribution >= 0.6 is 0 Å². The molecule has 1 rings (SSSR count). The standard InChI is InChI=1S/C13H23N3O2/c1-5-17-9-12-15-11(14-4)8-13(16-12)18-7-6-10(2)3/h8,10H,5-7,9H2,1-4H3,(H,14,15,16). The minimum absolute atomic E-state index is 0.409. The summed E-state index contributed by atoms with van der Waals surface area (Å²) in [6, 6.07) is 1.80. The average molecular weight is 253 g/mol. The summed E-state index contributed by atoms with van der Waals surface area (Å²) in [4.78, 5) is 8.62. The second-order valence-electron chi connectivity index (χ2n) is 4.43. The van der Waals surface area contributed by atoms with Crippen molar-refractivity contribution in [2.24, 2.45) is 5.92 Å². The molecule has 1 N–H and O–H groups in total. The van der Waals surface area contributed by atoms with Gasteiger partial charge in [-0.15, -0.1) is 0 Å². The molecule has 1 heterocycles. The van der Waals surface area contributed by atoms with Crippen LogP contribution in [0.3, 0.4) is 0 Å². The van der Waals surface area contributed by atoms with E-state index in [2.05, 4.69) is 29.1 Å². The highest BCUT2D eigenvalue weighted by Crippen LogP contribution is 2.14. The minimum atomic E-state index is 0.409. The molecule has 102 valence electrons. The largest absolute Gasteiger partial charge is 0.478 e. The highest BCUT2D eigenvalue weighted by molar-refractivity contribution is 5.37. The molecule has 0 spiro atoms. The third-order valence-electron chi connectivity index (χ3n) is 2.39. The predicted molar refractivity (Wildman–Crippen MR) is 71.9 cm³/mol. The molecule has 0 saturated carbocycles. The molecule has 0 unspecified atom stereocenters. The molecule has 0 atom stereocenters. The van der Waals surface area contributed by atoms with Crippen molar-refractivity contribution in [3.63, 3.8) is 0 Å². The fourth-order valence-electron chi connectivity index (χ4n) is 1.33. The molecule has 0 amide bonds. The molecule has 0 aromatic carbocycles. The molecule has 0 bridgehead atoms. The molecule has 0 aliphatic heterocycles. The van der Waals surface area contributed by atoms with Gasteiger partial charge in [0.2, 0.25) is 5.88 Å². The number of hydrogen-bond acceptors (Lipinski definition) is 5. The van der Waals surface area contributed by atoms with Gasteiger partial charge >= 0.3 is 0 Å². The van der Waals surface area contributed by atoms with Gasteiger partial charge < -0.3 is 14.8 Å². The van der Waals surface area contributed by atoms with Gasteiger partial charge in [0.1, 0.15) is 12.4 Å². The zero-order chi connectivity index (χ0) is 13.4. The third-order valence-corrected chi connectivity index (χ3v) is 2.39. The number of aromatic nitrogens is 2. The second kappa shape index (κ2) is 7.87. The van der Waals surface area contributed by atoms with E-state index in [1.54, 1.807) is 6.07 Å². The van der Waals surface area contributed by atoms with Crippen molar-refractivity contribution in [2.45, 2.75) is 33.8 Å². The van der Waals surface area contributed by atoms with Crippen LogP contribution in [0.25, 0.3) is 0 Å². The Bertz CT molecular complexity index is 356. The van der Waals surface area contributed by atoms with Gasteiger partial charge in [-0.1, -0.05) is 13.8 Å². The summed E-state index contributed by atoms with van der Waals surface area (Å²) >= 11 is 0. The summed E-state index contributed by atoms with van der Waals surface area (Å²) < 4.78 is 10.9. The van der Waals surface area contributed by atoms with E-state index in [0.717, 1.165) is 12.2 Å². The molecule has 5 heteroatoms. The first-order chi connectivity index (χ1) is 8.65. The molecule has 0 aliphatic carbocycles. The van der Waals surface area contributed by atoms with Gasteiger partial charge in [0.05, 0.1) is 6.61 Å². The van der Waals surface area contributed by atoms with Crippen LogP contribution in [0.2, 0.25) is 0 Å². The molecule has 0 fully saturated rings. The second-order valence-corrected chi connectivity index (χ2v) is 4.43. The maximum atomic E-state index is 5.63. The van der Waals surface area contributed by atoms with Crippen molar-refractivity contribution in [3.8, 4) is 5.88 Å². The molecular formula is C13H23N3O2. The summed E-state index contributed by atoms with van der Waals surface area (Å²) in [5.74, 6) is 2.62. The summed E-state index contributed by atoms with van der Waals surface area (Å²) in [6.07, 6.45) is 1.01. The van der Waals surface area contributed by atoms with Crippen molar-refractivity contribution >= 4 is 5.82 Å². The number of anilines is 1. The Morgan fingerprint density at radius 2 is 2.11 bits per heavy atom. The summed E-state index contributed by atoms with van der Waals surface area (Å²) in [5.41, 5.74) is 0. The van der Waals surface area contributed by atoms with E-state index in [9.17, 15) is 0 Å². The van der Waals surface area contributed by atoms with Gasteiger partial charge in [-0.2, -0.15) is 4.98 Å². The fourth-order valence-corrected chi connectivity index (χ4v) is 1.33. The van der Waals surface area contributed by atoms with Crippen molar-refractivity contribution in [3.05, 3.63) is 11.9 Å². The molecule has 1 aromatic heterocycles. The molecule has 18 heavy (non-hydrogen) atoms. The molecule has 0 saturated heterocycles. The molecular weight excluding hydrogens is 230 g/mol. The van der Waals surface area contributed by atoms with E-state index in [0.29, 0.717) is 37.4 Å². The van der Waals surface area contributed by atoms with Crippen LogP contribution in [-0.2, 0) is 11.3 Å². The minimum Gasteiger partial charge on any atom is -0.478 e. The van der Waals surface area contributed by atoms with E-state index in [1.807, 2.05) is 14.0 Å². The first-order valence-electron chi connectivity index (χ1n) is 6.42. The molecule has 0 radical (unpaired) electrons. The Morgan fingerprint density at radius 3 is 2.72 bits per heavy atom. The number of nitrogens with one attached hydrogen (secondary N) is 1. The van der Waals surface area contributed by atoms with Gasteiger partial charge in [0.15, 0.2) is 5.82 Å². The number of nitrogens with zero attached hydrogens (tertiary/aromatic N) is 2. The van der Waals surface area contributed by atoms with Gasteiger partial charge in [-0.05, 0) is 19.3 Å². The Labute approximate surface area is 109 Å². The van der Waals surface area contributed by atoms with E-state index in [1.165, 1.54) is 0 Å². The zero-order valence-corrected chi connectivity index (χ0v) is 11.7. The normalized spacial score (nSPS) is 10.7. The van der Waals surface area contributed by atoms with Crippen molar-refractivity contribution < 1.29 is 9.47 Å². The van der Waals surface area contributed by atoms with Crippen molar-refractivity contribution in [2.75, 3.05) is 25.6 Å². The van der Waals surface area contributed by atoms with Crippen LogP contribution in [0.15, 0.2) is 6.07 Å². The lowest BCUT2D eigenvalue weighted by Crippen LogP contribution is -2.07. The van der Waals surface area contributed by atoms with Crippen LogP contribution < -0.4 is 10.1 Å². The first kappa shape index (κ1) is 14.7. The Morgan fingerprint density at radius 1 is 1.33 bits per heavy atom. The van der Waals surface area contributed by atoms with Crippen molar-refractivity contribution in [1.82, 2.24) is 9.97 Å². The van der Waals surface area contributed by atoms with Gasteiger partial charge in [-0.25, -0.2) is 4.98 Å². The lowest BCUT2D eigenvalue weighted by molar-refractivity contribution is 0.127. The highest BCUT2D eigenvalue weighted by atomic mass is 16.5. The number of hydrogen-bond donors (Lipinski definition) is 1. The summed E-state index contributed by atoms with van der Waals surface area (Å²) in [7, 11) is 1.82. The highest BCUT2D eigenvalue weighted by Gasteiger charge is 2.05. The van der Waals surface area contributed by atoms with E-state index in [-0.39, 0.29) is 0 Å². The monoisotopic (exact) mass is 253 g/mol.